The van der Waals surface area contributed by atoms with Gasteiger partial charge in [0.05, 0.1) is 0 Å². The van der Waals surface area contributed by atoms with Gasteiger partial charge in [0, 0.05) is 18.6 Å². The molecule has 1 heterocycles. The van der Waals surface area contributed by atoms with Crippen molar-refractivity contribution >= 4 is 0 Å². The number of hydrogen-bond donors (Lipinski definition) is 1. The summed E-state index contributed by atoms with van der Waals surface area (Å²) < 4.78 is 10.8. The number of rotatable bonds is 2. The molecule has 0 saturated carbocycles. The van der Waals surface area contributed by atoms with Crippen molar-refractivity contribution in [3.8, 4) is 11.5 Å². The van der Waals surface area contributed by atoms with E-state index in [0.717, 1.165) is 17.5 Å². The molecule has 1 unspecified atom stereocenters. The van der Waals surface area contributed by atoms with Gasteiger partial charge in [-0.2, -0.15) is 0 Å². The van der Waals surface area contributed by atoms with Crippen LogP contribution in [0.15, 0.2) is 12.1 Å². The van der Waals surface area contributed by atoms with Crippen LogP contribution in [0.4, 0.5) is 0 Å². The van der Waals surface area contributed by atoms with Gasteiger partial charge in [-0.1, -0.05) is 6.07 Å². The van der Waals surface area contributed by atoms with Crippen molar-refractivity contribution in [1.29, 1.82) is 0 Å². The normalized spacial score (nSPS) is 19.1. The Labute approximate surface area is 83.3 Å². The second-order valence-corrected chi connectivity index (χ2v) is 3.42. The Morgan fingerprint density at radius 2 is 2.36 bits per heavy atom. The standard InChI is InChI=1S/C11H14O3/c1-3-13-10-6-8-7(2)4-5-9(12)11(8)14-10/h4-5,10,12H,3,6H2,1-2H3. The Bertz CT molecular complexity index is 316. The summed E-state index contributed by atoms with van der Waals surface area (Å²) in [6.07, 6.45) is 0.491. The van der Waals surface area contributed by atoms with Crippen LogP contribution in [0.5, 0.6) is 11.5 Å². The minimum absolute atomic E-state index is 0.202. The number of benzene rings is 1. The van der Waals surface area contributed by atoms with E-state index in [0.29, 0.717) is 12.4 Å². The van der Waals surface area contributed by atoms with Crippen LogP contribution < -0.4 is 4.74 Å². The average molecular weight is 194 g/mol. The molecule has 1 aliphatic rings. The van der Waals surface area contributed by atoms with E-state index in [1.807, 2.05) is 19.9 Å². The highest BCUT2D eigenvalue weighted by Crippen LogP contribution is 2.39. The zero-order chi connectivity index (χ0) is 10.1. The highest BCUT2D eigenvalue weighted by molar-refractivity contribution is 5.51. The maximum absolute atomic E-state index is 9.56. The summed E-state index contributed by atoms with van der Waals surface area (Å²) in [5.41, 5.74) is 2.20. The van der Waals surface area contributed by atoms with E-state index in [1.54, 1.807) is 6.07 Å². The van der Waals surface area contributed by atoms with Gasteiger partial charge in [0.25, 0.3) is 0 Å². The van der Waals surface area contributed by atoms with Crippen molar-refractivity contribution in [3.63, 3.8) is 0 Å². The summed E-state index contributed by atoms with van der Waals surface area (Å²) >= 11 is 0. The van der Waals surface area contributed by atoms with Gasteiger partial charge in [0.15, 0.2) is 11.5 Å². The minimum Gasteiger partial charge on any atom is -0.504 e. The lowest BCUT2D eigenvalue weighted by atomic mass is 10.1. The van der Waals surface area contributed by atoms with Crippen molar-refractivity contribution in [1.82, 2.24) is 0 Å². The van der Waals surface area contributed by atoms with Gasteiger partial charge in [-0.25, -0.2) is 0 Å². The van der Waals surface area contributed by atoms with Gasteiger partial charge in [0.1, 0.15) is 0 Å². The van der Waals surface area contributed by atoms with E-state index in [9.17, 15) is 5.11 Å². The monoisotopic (exact) mass is 194 g/mol. The topological polar surface area (TPSA) is 38.7 Å². The fourth-order valence-corrected chi connectivity index (χ4v) is 1.72. The molecule has 0 aliphatic carbocycles. The minimum atomic E-state index is -0.234. The van der Waals surface area contributed by atoms with Gasteiger partial charge in [-0.3, -0.25) is 0 Å². The molecule has 0 fully saturated rings. The van der Waals surface area contributed by atoms with Crippen LogP contribution in [-0.4, -0.2) is 18.0 Å². The van der Waals surface area contributed by atoms with Crippen molar-refractivity contribution < 1.29 is 14.6 Å². The molecule has 0 bridgehead atoms. The second-order valence-electron chi connectivity index (χ2n) is 3.42. The first kappa shape index (κ1) is 9.34. The van der Waals surface area contributed by atoms with Crippen LogP contribution in [-0.2, 0) is 11.2 Å². The molecule has 1 aliphatic heterocycles. The predicted octanol–water partition coefficient (Wildman–Crippen LogP) is 2.00. The van der Waals surface area contributed by atoms with Crippen LogP contribution in [0.25, 0.3) is 0 Å². The zero-order valence-corrected chi connectivity index (χ0v) is 8.41. The molecule has 3 heteroatoms. The quantitative estimate of drug-likeness (QED) is 0.782. The first-order valence-electron chi connectivity index (χ1n) is 4.82. The van der Waals surface area contributed by atoms with Crippen molar-refractivity contribution in [2.45, 2.75) is 26.6 Å². The number of hydrogen-bond acceptors (Lipinski definition) is 3. The Balaban J connectivity index is 2.29. The molecule has 1 aromatic rings. The molecule has 1 aromatic carbocycles. The van der Waals surface area contributed by atoms with E-state index in [-0.39, 0.29) is 12.0 Å². The SMILES string of the molecule is CCOC1Cc2c(C)ccc(O)c2O1. The first-order chi connectivity index (χ1) is 6.72. The third-order valence-electron chi connectivity index (χ3n) is 2.45. The summed E-state index contributed by atoms with van der Waals surface area (Å²) in [5, 5.41) is 9.56. The van der Waals surface area contributed by atoms with Crippen LogP contribution in [0.1, 0.15) is 18.1 Å². The van der Waals surface area contributed by atoms with Crippen LogP contribution in [0, 0.1) is 6.92 Å². The molecule has 0 amide bonds. The molecule has 0 radical (unpaired) electrons. The molecule has 0 spiro atoms. The van der Waals surface area contributed by atoms with Gasteiger partial charge in [-0.05, 0) is 25.5 Å². The summed E-state index contributed by atoms with van der Waals surface area (Å²) in [5.74, 6) is 0.788. The molecular weight excluding hydrogens is 180 g/mol. The lowest BCUT2D eigenvalue weighted by Crippen LogP contribution is -2.17. The number of phenolic OH excluding ortho intramolecular Hbond substituents is 1. The van der Waals surface area contributed by atoms with Crippen molar-refractivity contribution in [2.75, 3.05) is 6.61 Å². The van der Waals surface area contributed by atoms with E-state index in [1.165, 1.54) is 0 Å². The molecule has 76 valence electrons. The third-order valence-corrected chi connectivity index (χ3v) is 2.45. The fourth-order valence-electron chi connectivity index (χ4n) is 1.72. The summed E-state index contributed by atoms with van der Waals surface area (Å²) in [6.45, 7) is 4.56. The number of aromatic hydroxyl groups is 1. The van der Waals surface area contributed by atoms with Gasteiger partial charge in [0.2, 0.25) is 6.29 Å². The highest BCUT2D eigenvalue weighted by Gasteiger charge is 2.27. The number of ether oxygens (including phenoxy) is 2. The Morgan fingerprint density at radius 1 is 1.57 bits per heavy atom. The van der Waals surface area contributed by atoms with Crippen molar-refractivity contribution in [3.05, 3.63) is 23.3 Å². The smallest absolute Gasteiger partial charge is 0.204 e. The summed E-state index contributed by atoms with van der Waals surface area (Å²) in [6, 6.07) is 3.55. The molecule has 0 aromatic heterocycles. The first-order valence-corrected chi connectivity index (χ1v) is 4.82. The number of aryl methyl sites for hydroxylation is 1. The maximum Gasteiger partial charge on any atom is 0.204 e. The summed E-state index contributed by atoms with van der Waals surface area (Å²) in [4.78, 5) is 0. The van der Waals surface area contributed by atoms with E-state index >= 15 is 0 Å². The van der Waals surface area contributed by atoms with Crippen LogP contribution in [0.3, 0.4) is 0 Å². The van der Waals surface area contributed by atoms with Crippen molar-refractivity contribution in [2.24, 2.45) is 0 Å². The molecule has 3 nitrogen and oxygen atoms in total. The molecule has 14 heavy (non-hydrogen) atoms. The van der Waals surface area contributed by atoms with Gasteiger partial charge >= 0.3 is 0 Å². The highest BCUT2D eigenvalue weighted by atomic mass is 16.7. The molecule has 1 N–H and O–H groups in total. The lowest BCUT2D eigenvalue weighted by Gasteiger charge is -2.09. The molecule has 2 rings (SSSR count). The number of fused-ring (bicyclic) bond motifs is 1. The Morgan fingerprint density at radius 3 is 3.00 bits per heavy atom. The predicted molar refractivity (Wildman–Crippen MR) is 52.6 cm³/mol. The van der Waals surface area contributed by atoms with E-state index in [4.69, 9.17) is 9.47 Å². The second kappa shape index (κ2) is 3.50. The average Bonchev–Trinajstić information content (AvgIpc) is 2.57. The number of phenols is 1. The zero-order valence-electron chi connectivity index (χ0n) is 8.41. The lowest BCUT2D eigenvalue weighted by molar-refractivity contribution is -0.0610. The van der Waals surface area contributed by atoms with Gasteiger partial charge in [-0.15, -0.1) is 0 Å². The van der Waals surface area contributed by atoms with Gasteiger partial charge < -0.3 is 14.6 Å². The fraction of sp³-hybridized carbons (Fsp3) is 0.455. The maximum atomic E-state index is 9.56. The Hall–Kier alpha value is -1.22. The van der Waals surface area contributed by atoms with Crippen LogP contribution >= 0.6 is 0 Å². The van der Waals surface area contributed by atoms with E-state index in [2.05, 4.69) is 0 Å². The largest absolute Gasteiger partial charge is 0.504 e. The molecular formula is C11H14O3. The third kappa shape index (κ3) is 1.44. The molecule has 1 atom stereocenters. The molecule has 0 saturated heterocycles. The van der Waals surface area contributed by atoms with Crippen LogP contribution in [0.2, 0.25) is 0 Å². The Kier molecular flexibility index (Phi) is 2.33. The summed E-state index contributed by atoms with van der Waals surface area (Å²) in [7, 11) is 0. The van der Waals surface area contributed by atoms with E-state index < -0.39 is 0 Å².